The maximum absolute atomic E-state index is 11.1. The van der Waals surface area contributed by atoms with Crippen LogP contribution in [0.3, 0.4) is 0 Å². The molecule has 1 aromatic carbocycles. The second-order valence-corrected chi connectivity index (χ2v) is 8.21. The first-order valence-corrected chi connectivity index (χ1v) is 9.17. The number of sulfone groups is 1. The van der Waals surface area contributed by atoms with Crippen LogP contribution in [0.4, 0.5) is 0 Å². The van der Waals surface area contributed by atoms with Crippen molar-refractivity contribution < 1.29 is 8.42 Å². The molecule has 2 atom stereocenters. The smallest absolute Gasteiger partial charge is 0.147 e. The first kappa shape index (κ1) is 13.9. The van der Waals surface area contributed by atoms with Gasteiger partial charge in [-0.2, -0.15) is 0 Å². The number of thioether (sulfide) groups is 1. The molecule has 1 aromatic rings. The van der Waals surface area contributed by atoms with Gasteiger partial charge in [-0.15, -0.1) is 11.8 Å². The van der Waals surface area contributed by atoms with Crippen molar-refractivity contribution in [3.05, 3.63) is 29.8 Å². The zero-order chi connectivity index (χ0) is 13.2. The van der Waals surface area contributed by atoms with Crippen molar-refractivity contribution in [1.29, 1.82) is 0 Å². The van der Waals surface area contributed by atoms with Gasteiger partial charge in [-0.25, -0.2) is 8.42 Å². The Bertz CT molecular complexity index is 513. The lowest BCUT2D eigenvalue weighted by atomic mass is 9.91. The highest BCUT2D eigenvalue weighted by Crippen LogP contribution is 2.41. The molecule has 0 radical (unpaired) electrons. The van der Waals surface area contributed by atoms with Crippen LogP contribution in [0.25, 0.3) is 0 Å². The SMILES string of the molecule is CS(=O)(=O)CCCC(N)C1CSc2ccccc21. The fourth-order valence-corrected chi connectivity index (χ4v) is 4.36. The maximum atomic E-state index is 11.1. The largest absolute Gasteiger partial charge is 0.327 e. The monoisotopic (exact) mass is 285 g/mol. The van der Waals surface area contributed by atoms with Crippen LogP contribution in [0.15, 0.2) is 29.2 Å². The van der Waals surface area contributed by atoms with Crippen LogP contribution in [-0.2, 0) is 9.84 Å². The summed E-state index contributed by atoms with van der Waals surface area (Å²) in [5.74, 6) is 1.62. The van der Waals surface area contributed by atoms with Crippen molar-refractivity contribution in [2.24, 2.45) is 5.73 Å². The van der Waals surface area contributed by atoms with Crippen LogP contribution in [-0.4, -0.2) is 32.2 Å². The Kier molecular flexibility index (Phi) is 4.35. The third-order valence-corrected chi connectivity index (χ3v) is 5.55. The highest BCUT2D eigenvalue weighted by Gasteiger charge is 2.27. The Morgan fingerprint density at radius 2 is 2.17 bits per heavy atom. The average molecular weight is 285 g/mol. The van der Waals surface area contributed by atoms with Crippen molar-refractivity contribution in [3.8, 4) is 0 Å². The van der Waals surface area contributed by atoms with E-state index in [2.05, 4.69) is 12.1 Å². The van der Waals surface area contributed by atoms with E-state index in [0.717, 1.165) is 12.2 Å². The molecule has 1 aliphatic heterocycles. The van der Waals surface area contributed by atoms with Crippen LogP contribution in [0.2, 0.25) is 0 Å². The fourth-order valence-electron chi connectivity index (χ4n) is 2.32. The molecule has 0 bridgehead atoms. The summed E-state index contributed by atoms with van der Waals surface area (Å²) >= 11 is 1.85. The zero-order valence-electron chi connectivity index (χ0n) is 10.5. The molecule has 0 fully saturated rings. The highest BCUT2D eigenvalue weighted by atomic mass is 32.2. The summed E-state index contributed by atoms with van der Waals surface area (Å²) in [6.45, 7) is 0. The summed E-state index contributed by atoms with van der Waals surface area (Å²) in [7, 11) is -2.86. The number of rotatable bonds is 5. The fraction of sp³-hybridized carbons (Fsp3) is 0.538. The van der Waals surface area contributed by atoms with E-state index >= 15 is 0 Å². The Morgan fingerprint density at radius 1 is 1.44 bits per heavy atom. The predicted molar refractivity (Wildman–Crippen MR) is 76.8 cm³/mol. The topological polar surface area (TPSA) is 60.2 Å². The highest BCUT2D eigenvalue weighted by molar-refractivity contribution is 7.99. The van der Waals surface area contributed by atoms with Crippen LogP contribution in [0.1, 0.15) is 24.3 Å². The van der Waals surface area contributed by atoms with Gasteiger partial charge >= 0.3 is 0 Å². The lowest BCUT2D eigenvalue weighted by molar-refractivity contribution is 0.525. The van der Waals surface area contributed by atoms with Gasteiger partial charge in [-0.1, -0.05) is 18.2 Å². The first-order chi connectivity index (χ1) is 8.47. The van der Waals surface area contributed by atoms with Gasteiger partial charge < -0.3 is 5.73 Å². The molecule has 1 heterocycles. The van der Waals surface area contributed by atoms with E-state index in [1.165, 1.54) is 16.7 Å². The summed E-state index contributed by atoms with van der Waals surface area (Å²) in [5.41, 5.74) is 7.54. The Balaban J connectivity index is 1.93. The van der Waals surface area contributed by atoms with E-state index in [9.17, 15) is 8.42 Å². The molecule has 2 N–H and O–H groups in total. The van der Waals surface area contributed by atoms with Crippen LogP contribution in [0, 0.1) is 0 Å². The quantitative estimate of drug-likeness (QED) is 0.899. The van der Waals surface area contributed by atoms with E-state index in [0.29, 0.717) is 12.3 Å². The van der Waals surface area contributed by atoms with Crippen LogP contribution >= 0.6 is 11.8 Å². The number of benzene rings is 1. The standard InChI is InChI=1S/C13H19NO2S2/c1-18(15,16)8-4-6-12(14)11-9-17-13-7-3-2-5-10(11)13/h2-3,5,7,11-12H,4,6,8-9,14H2,1H3. The number of fused-ring (bicyclic) bond motifs is 1. The Labute approximate surface area is 113 Å². The number of hydrogen-bond acceptors (Lipinski definition) is 4. The molecular weight excluding hydrogens is 266 g/mol. The molecule has 5 heteroatoms. The normalized spacial score (nSPS) is 20.7. The van der Waals surface area contributed by atoms with Gasteiger partial charge in [0.25, 0.3) is 0 Å². The van der Waals surface area contributed by atoms with E-state index in [1.54, 1.807) is 0 Å². The second-order valence-electron chi connectivity index (χ2n) is 4.89. The summed E-state index contributed by atoms with van der Waals surface area (Å²) in [4.78, 5) is 1.32. The summed E-state index contributed by atoms with van der Waals surface area (Å²) in [6, 6.07) is 8.41. The third kappa shape index (κ3) is 3.49. The lowest BCUT2D eigenvalue weighted by Gasteiger charge is -2.19. The molecule has 0 amide bonds. The van der Waals surface area contributed by atoms with Gasteiger partial charge in [0, 0.05) is 34.6 Å². The van der Waals surface area contributed by atoms with E-state index in [-0.39, 0.29) is 11.8 Å². The van der Waals surface area contributed by atoms with Gasteiger partial charge in [0.2, 0.25) is 0 Å². The van der Waals surface area contributed by atoms with Crippen molar-refractivity contribution in [2.45, 2.75) is 29.7 Å². The number of nitrogens with two attached hydrogens (primary N) is 1. The molecule has 2 unspecified atom stereocenters. The van der Waals surface area contributed by atoms with Gasteiger partial charge in [0.15, 0.2) is 0 Å². The van der Waals surface area contributed by atoms with Crippen molar-refractivity contribution in [1.82, 2.24) is 0 Å². The number of hydrogen-bond donors (Lipinski definition) is 1. The molecular formula is C13H19NO2S2. The van der Waals surface area contributed by atoms with E-state index in [4.69, 9.17) is 5.73 Å². The molecule has 2 rings (SSSR count). The van der Waals surface area contributed by atoms with Gasteiger partial charge in [0.05, 0.1) is 0 Å². The summed E-state index contributed by atoms with van der Waals surface area (Å²) in [5, 5.41) is 0. The summed E-state index contributed by atoms with van der Waals surface area (Å²) < 4.78 is 22.2. The van der Waals surface area contributed by atoms with Gasteiger partial charge in [-0.3, -0.25) is 0 Å². The van der Waals surface area contributed by atoms with Crippen LogP contribution in [0.5, 0.6) is 0 Å². The molecule has 0 spiro atoms. The van der Waals surface area contributed by atoms with Crippen LogP contribution < -0.4 is 5.73 Å². The molecule has 100 valence electrons. The zero-order valence-corrected chi connectivity index (χ0v) is 12.1. The van der Waals surface area contributed by atoms with Gasteiger partial charge in [0.1, 0.15) is 9.84 Å². The lowest BCUT2D eigenvalue weighted by Crippen LogP contribution is -2.29. The minimum Gasteiger partial charge on any atom is -0.327 e. The molecule has 0 saturated heterocycles. The predicted octanol–water partition coefficient (Wildman–Crippen LogP) is 2.03. The average Bonchev–Trinajstić information content (AvgIpc) is 2.70. The molecule has 1 aliphatic rings. The Morgan fingerprint density at radius 3 is 2.89 bits per heavy atom. The first-order valence-electron chi connectivity index (χ1n) is 6.12. The third-order valence-electron chi connectivity index (χ3n) is 3.31. The molecule has 0 aliphatic carbocycles. The second kappa shape index (κ2) is 5.63. The maximum Gasteiger partial charge on any atom is 0.147 e. The molecule has 0 aromatic heterocycles. The van der Waals surface area contributed by atoms with Crippen molar-refractivity contribution in [3.63, 3.8) is 0 Å². The van der Waals surface area contributed by atoms with Crippen molar-refractivity contribution in [2.75, 3.05) is 17.8 Å². The van der Waals surface area contributed by atoms with E-state index < -0.39 is 9.84 Å². The van der Waals surface area contributed by atoms with Gasteiger partial charge in [-0.05, 0) is 24.5 Å². The molecule has 3 nitrogen and oxygen atoms in total. The summed E-state index contributed by atoms with van der Waals surface area (Å²) in [6.07, 6.45) is 2.70. The minimum absolute atomic E-state index is 0.0582. The molecule has 18 heavy (non-hydrogen) atoms. The molecule has 0 saturated carbocycles. The minimum atomic E-state index is -2.86. The van der Waals surface area contributed by atoms with Crippen molar-refractivity contribution >= 4 is 21.6 Å². The Hall–Kier alpha value is -0.520. The van der Waals surface area contributed by atoms with E-state index in [1.807, 2.05) is 23.9 Å².